The van der Waals surface area contributed by atoms with Crippen molar-refractivity contribution in [1.29, 1.82) is 0 Å². The van der Waals surface area contributed by atoms with Crippen LogP contribution in [0.1, 0.15) is 19.9 Å². The summed E-state index contributed by atoms with van der Waals surface area (Å²) >= 11 is 1.11. The minimum absolute atomic E-state index is 0.0185. The number of aromatic nitrogens is 1. The van der Waals surface area contributed by atoms with Crippen molar-refractivity contribution in [2.24, 2.45) is 0 Å². The summed E-state index contributed by atoms with van der Waals surface area (Å²) in [5.74, 6) is -0.177. The van der Waals surface area contributed by atoms with E-state index in [0.717, 1.165) is 21.6 Å². The van der Waals surface area contributed by atoms with Gasteiger partial charge in [-0.15, -0.1) is 0 Å². The van der Waals surface area contributed by atoms with E-state index in [2.05, 4.69) is 5.32 Å². The van der Waals surface area contributed by atoms with Gasteiger partial charge in [0.05, 0.1) is 27.3 Å². The lowest BCUT2D eigenvalue weighted by molar-refractivity contribution is -0.122. The van der Waals surface area contributed by atoms with Crippen molar-refractivity contribution >= 4 is 48.9 Å². The molecule has 0 spiro atoms. The SMILES string of the molecule is CC(C)n1c(=O)sc2cc(NC(=O)[C@H]3CN(S(=O)(=O)c4ccccc4)c4ccccc4O3)ccc21. The molecule has 180 valence electrons. The minimum atomic E-state index is -3.92. The number of para-hydroxylation sites is 2. The summed E-state index contributed by atoms with van der Waals surface area (Å²) in [5, 5.41) is 2.81. The molecule has 0 saturated heterocycles. The Balaban J connectivity index is 1.44. The molecule has 35 heavy (non-hydrogen) atoms. The van der Waals surface area contributed by atoms with Crippen LogP contribution in [0.25, 0.3) is 10.2 Å². The van der Waals surface area contributed by atoms with Gasteiger partial charge in [0, 0.05) is 11.7 Å². The van der Waals surface area contributed by atoms with E-state index in [1.165, 1.54) is 16.4 Å². The number of amides is 1. The molecule has 1 aromatic heterocycles. The minimum Gasteiger partial charge on any atom is -0.476 e. The third kappa shape index (κ3) is 4.19. The summed E-state index contributed by atoms with van der Waals surface area (Å²) in [4.78, 5) is 25.6. The van der Waals surface area contributed by atoms with Gasteiger partial charge in [-0.2, -0.15) is 0 Å². The van der Waals surface area contributed by atoms with Crippen LogP contribution in [0.2, 0.25) is 0 Å². The van der Waals surface area contributed by atoms with E-state index in [9.17, 15) is 18.0 Å². The molecule has 1 atom stereocenters. The average molecular weight is 510 g/mol. The summed E-state index contributed by atoms with van der Waals surface area (Å²) < 4.78 is 36.4. The van der Waals surface area contributed by atoms with Crippen LogP contribution in [0.15, 0.2) is 82.5 Å². The number of nitrogens with one attached hydrogen (secondary N) is 1. The summed E-state index contributed by atoms with van der Waals surface area (Å²) in [7, 11) is -3.92. The predicted molar refractivity (Wildman–Crippen MR) is 137 cm³/mol. The highest BCUT2D eigenvalue weighted by atomic mass is 32.2. The zero-order valence-electron chi connectivity index (χ0n) is 19.0. The van der Waals surface area contributed by atoms with Gasteiger partial charge in [-0.05, 0) is 56.3 Å². The summed E-state index contributed by atoms with van der Waals surface area (Å²) in [6, 6.07) is 20.1. The highest BCUT2D eigenvalue weighted by molar-refractivity contribution is 7.92. The largest absolute Gasteiger partial charge is 0.476 e. The van der Waals surface area contributed by atoms with Gasteiger partial charge in [0.2, 0.25) is 0 Å². The molecule has 2 heterocycles. The number of nitrogens with zero attached hydrogens (tertiary/aromatic N) is 2. The fourth-order valence-electron chi connectivity index (χ4n) is 4.11. The highest BCUT2D eigenvalue weighted by Gasteiger charge is 2.37. The molecule has 0 aliphatic carbocycles. The second-order valence-electron chi connectivity index (χ2n) is 8.43. The van der Waals surface area contributed by atoms with Crippen LogP contribution in [0.3, 0.4) is 0 Å². The van der Waals surface area contributed by atoms with Gasteiger partial charge in [0.15, 0.2) is 6.10 Å². The Hall–Kier alpha value is -3.63. The van der Waals surface area contributed by atoms with E-state index in [0.29, 0.717) is 17.1 Å². The third-order valence-electron chi connectivity index (χ3n) is 5.76. The van der Waals surface area contributed by atoms with Crippen molar-refractivity contribution in [1.82, 2.24) is 4.57 Å². The maximum Gasteiger partial charge on any atom is 0.308 e. The van der Waals surface area contributed by atoms with Crippen LogP contribution in [0, 0.1) is 0 Å². The lowest BCUT2D eigenvalue weighted by Crippen LogP contribution is -2.48. The van der Waals surface area contributed by atoms with Crippen LogP contribution in [0.4, 0.5) is 11.4 Å². The van der Waals surface area contributed by atoms with Crippen molar-refractivity contribution in [2.45, 2.75) is 30.9 Å². The van der Waals surface area contributed by atoms with Crippen LogP contribution in [-0.4, -0.2) is 31.5 Å². The summed E-state index contributed by atoms with van der Waals surface area (Å²) in [6.07, 6.45) is -1.07. The number of carbonyl (C=O) groups is 1. The Morgan fingerprint density at radius 1 is 1.06 bits per heavy atom. The monoisotopic (exact) mass is 509 g/mol. The number of anilines is 2. The number of rotatable bonds is 5. The molecule has 10 heteroatoms. The van der Waals surface area contributed by atoms with E-state index in [1.807, 2.05) is 13.8 Å². The zero-order chi connectivity index (χ0) is 24.7. The first-order valence-corrected chi connectivity index (χ1v) is 13.3. The molecule has 1 N–H and O–H groups in total. The smallest absolute Gasteiger partial charge is 0.308 e. The zero-order valence-corrected chi connectivity index (χ0v) is 20.7. The fourth-order valence-corrected chi connectivity index (χ4v) is 6.66. The van der Waals surface area contributed by atoms with Gasteiger partial charge < -0.3 is 10.1 Å². The van der Waals surface area contributed by atoms with Gasteiger partial charge >= 0.3 is 4.87 Å². The number of carbonyl (C=O) groups excluding carboxylic acids is 1. The first-order valence-electron chi connectivity index (χ1n) is 11.0. The molecule has 5 rings (SSSR count). The predicted octanol–water partition coefficient (Wildman–Crippen LogP) is 4.24. The number of hydrogen-bond donors (Lipinski definition) is 1. The Morgan fingerprint density at radius 3 is 2.51 bits per heavy atom. The number of hydrogen-bond acceptors (Lipinski definition) is 6. The Kier molecular flexibility index (Phi) is 5.86. The van der Waals surface area contributed by atoms with Gasteiger partial charge in [-0.3, -0.25) is 18.5 Å². The quantitative estimate of drug-likeness (QED) is 0.434. The molecule has 1 amide bonds. The summed E-state index contributed by atoms with van der Waals surface area (Å²) in [6.45, 7) is 3.70. The number of fused-ring (bicyclic) bond motifs is 2. The molecule has 8 nitrogen and oxygen atoms in total. The lowest BCUT2D eigenvalue weighted by Gasteiger charge is -2.34. The van der Waals surface area contributed by atoms with Crippen molar-refractivity contribution in [3.05, 3.63) is 82.5 Å². The fraction of sp³-hybridized carbons (Fsp3) is 0.200. The van der Waals surface area contributed by atoms with Crippen molar-refractivity contribution in [2.75, 3.05) is 16.2 Å². The van der Waals surface area contributed by atoms with Crippen LogP contribution >= 0.6 is 11.3 Å². The normalized spacial score (nSPS) is 15.6. The van der Waals surface area contributed by atoms with Gasteiger partial charge in [-0.25, -0.2) is 8.42 Å². The molecule has 1 aliphatic rings. The van der Waals surface area contributed by atoms with Gasteiger partial charge in [0.1, 0.15) is 5.75 Å². The molecule has 0 fully saturated rings. The van der Waals surface area contributed by atoms with E-state index in [1.54, 1.807) is 65.2 Å². The van der Waals surface area contributed by atoms with E-state index in [-0.39, 0.29) is 22.4 Å². The first-order chi connectivity index (χ1) is 16.8. The molecular formula is C25H23N3O5S2. The standard InChI is InChI=1S/C25H23N3O5S2/c1-16(2)28-20-13-12-17(14-23(20)34-25(28)30)26-24(29)22-15-27(19-10-6-7-11-21(19)33-22)35(31,32)18-8-4-3-5-9-18/h3-14,16,22H,15H2,1-2H3,(H,26,29)/t22-/m1/s1. The highest BCUT2D eigenvalue weighted by Crippen LogP contribution is 2.37. The number of sulfonamides is 1. The van der Waals surface area contributed by atoms with E-state index < -0.39 is 22.0 Å². The van der Waals surface area contributed by atoms with Crippen molar-refractivity contribution in [3.63, 3.8) is 0 Å². The van der Waals surface area contributed by atoms with E-state index >= 15 is 0 Å². The third-order valence-corrected chi connectivity index (χ3v) is 8.47. The molecule has 0 bridgehead atoms. The Morgan fingerprint density at radius 2 is 1.77 bits per heavy atom. The van der Waals surface area contributed by atoms with Crippen molar-refractivity contribution in [3.8, 4) is 5.75 Å². The second kappa shape index (κ2) is 8.86. The first kappa shape index (κ1) is 23.1. The molecule has 0 saturated carbocycles. The molecule has 1 aliphatic heterocycles. The molecule has 3 aromatic carbocycles. The number of ether oxygens (including phenoxy) is 1. The second-order valence-corrected chi connectivity index (χ2v) is 11.3. The number of thiazole rings is 1. The molecule has 0 radical (unpaired) electrons. The van der Waals surface area contributed by atoms with Crippen molar-refractivity contribution < 1.29 is 17.9 Å². The maximum atomic E-state index is 13.4. The molecule has 4 aromatic rings. The molecular weight excluding hydrogens is 486 g/mol. The Labute approximate surface area is 206 Å². The van der Waals surface area contributed by atoms with Crippen LogP contribution in [-0.2, 0) is 14.8 Å². The van der Waals surface area contributed by atoms with Crippen LogP contribution in [0.5, 0.6) is 5.75 Å². The van der Waals surface area contributed by atoms with E-state index in [4.69, 9.17) is 4.74 Å². The average Bonchev–Trinajstić information content (AvgIpc) is 3.18. The van der Waals surface area contributed by atoms with Crippen LogP contribution < -0.4 is 19.2 Å². The maximum absolute atomic E-state index is 13.4. The lowest BCUT2D eigenvalue weighted by atomic mass is 10.2. The van der Waals surface area contributed by atoms with Gasteiger partial charge in [0.25, 0.3) is 15.9 Å². The Bertz CT molecular complexity index is 1580. The molecule has 0 unspecified atom stereocenters. The van der Waals surface area contributed by atoms with Gasteiger partial charge in [-0.1, -0.05) is 41.7 Å². The number of benzene rings is 3. The summed E-state index contributed by atoms with van der Waals surface area (Å²) in [5.41, 5.74) is 1.68. The topological polar surface area (TPSA) is 97.7 Å².